The maximum atomic E-state index is 13.3. The first-order valence-corrected chi connectivity index (χ1v) is 6.96. The molecule has 0 unspecified atom stereocenters. The van der Waals surface area contributed by atoms with Crippen LogP contribution in [-0.2, 0) is 6.54 Å². The van der Waals surface area contributed by atoms with E-state index in [0.717, 1.165) is 9.35 Å². The summed E-state index contributed by atoms with van der Waals surface area (Å²) in [5.74, 6) is -0.396. The molecule has 1 heterocycles. The molecule has 94 valence electrons. The van der Waals surface area contributed by atoms with Gasteiger partial charge in [0, 0.05) is 6.54 Å². The lowest BCUT2D eigenvalue weighted by molar-refractivity contribution is 0.0955. The van der Waals surface area contributed by atoms with E-state index in [9.17, 15) is 9.18 Å². The normalized spacial score (nSPS) is 10.4. The number of carbonyl (C=O) groups is 1. The maximum absolute atomic E-state index is 13.3. The quantitative estimate of drug-likeness (QED) is 0.910. The van der Waals surface area contributed by atoms with Crippen molar-refractivity contribution in [3.05, 3.63) is 55.9 Å². The van der Waals surface area contributed by atoms with Crippen LogP contribution in [0, 0.1) is 12.7 Å². The highest BCUT2D eigenvalue weighted by Gasteiger charge is 2.08. The van der Waals surface area contributed by atoms with Crippen LogP contribution in [0.2, 0.25) is 0 Å². The lowest BCUT2D eigenvalue weighted by Gasteiger charge is -2.05. The van der Waals surface area contributed by atoms with E-state index in [0.29, 0.717) is 17.0 Å². The molecule has 1 amide bonds. The molecule has 0 aliphatic carbocycles. The van der Waals surface area contributed by atoms with Crippen LogP contribution in [0.3, 0.4) is 0 Å². The van der Waals surface area contributed by atoms with Gasteiger partial charge in [0.1, 0.15) is 5.82 Å². The zero-order chi connectivity index (χ0) is 13.1. The fraction of sp³-hybridized carbons (Fsp3) is 0.154. The summed E-state index contributed by atoms with van der Waals surface area (Å²) in [6.45, 7) is 2.03. The highest BCUT2D eigenvalue weighted by atomic mass is 79.9. The number of aryl methyl sites for hydroxylation is 1. The SMILES string of the molecule is Cc1ccc(CNC(=O)c2ccc(Br)s2)cc1F. The van der Waals surface area contributed by atoms with Crippen LogP contribution < -0.4 is 5.32 Å². The Bertz CT molecular complexity index is 582. The van der Waals surface area contributed by atoms with Crippen molar-refractivity contribution in [2.45, 2.75) is 13.5 Å². The van der Waals surface area contributed by atoms with Crippen LogP contribution in [0.25, 0.3) is 0 Å². The minimum atomic E-state index is -0.249. The summed E-state index contributed by atoms with van der Waals surface area (Å²) >= 11 is 4.67. The van der Waals surface area contributed by atoms with Gasteiger partial charge >= 0.3 is 0 Å². The zero-order valence-corrected chi connectivity index (χ0v) is 12.1. The van der Waals surface area contributed by atoms with Crippen molar-refractivity contribution in [3.63, 3.8) is 0 Å². The molecular weight excluding hydrogens is 317 g/mol. The molecule has 1 aromatic carbocycles. The molecule has 18 heavy (non-hydrogen) atoms. The van der Waals surface area contributed by atoms with Gasteiger partial charge < -0.3 is 5.32 Å². The van der Waals surface area contributed by atoms with Crippen molar-refractivity contribution in [2.24, 2.45) is 0 Å². The molecule has 2 aromatic rings. The topological polar surface area (TPSA) is 29.1 Å². The average Bonchev–Trinajstić information content (AvgIpc) is 2.77. The molecule has 2 nitrogen and oxygen atoms in total. The van der Waals surface area contributed by atoms with Crippen molar-refractivity contribution in [2.75, 3.05) is 0 Å². The minimum absolute atomic E-state index is 0.147. The number of carbonyl (C=O) groups excluding carboxylic acids is 1. The van der Waals surface area contributed by atoms with E-state index < -0.39 is 0 Å². The molecule has 0 aliphatic rings. The monoisotopic (exact) mass is 327 g/mol. The number of hydrogen-bond acceptors (Lipinski definition) is 2. The maximum Gasteiger partial charge on any atom is 0.261 e. The molecule has 0 spiro atoms. The third-order valence-corrected chi connectivity index (χ3v) is 4.11. The fourth-order valence-electron chi connectivity index (χ4n) is 1.45. The van der Waals surface area contributed by atoms with Crippen molar-refractivity contribution in [3.8, 4) is 0 Å². The predicted molar refractivity (Wildman–Crippen MR) is 74.3 cm³/mol. The number of thiophene rings is 1. The number of amides is 1. The minimum Gasteiger partial charge on any atom is -0.347 e. The van der Waals surface area contributed by atoms with Crippen molar-refractivity contribution in [1.82, 2.24) is 5.32 Å². The number of hydrogen-bond donors (Lipinski definition) is 1. The summed E-state index contributed by atoms with van der Waals surface area (Å²) in [6.07, 6.45) is 0. The van der Waals surface area contributed by atoms with Crippen molar-refractivity contribution in [1.29, 1.82) is 0 Å². The second-order valence-corrected chi connectivity index (χ2v) is 6.33. The molecule has 0 saturated heterocycles. The van der Waals surface area contributed by atoms with E-state index >= 15 is 0 Å². The van der Waals surface area contributed by atoms with Crippen LogP contribution in [-0.4, -0.2) is 5.91 Å². The number of benzene rings is 1. The highest BCUT2D eigenvalue weighted by molar-refractivity contribution is 9.11. The van der Waals surface area contributed by atoms with Gasteiger partial charge in [0.25, 0.3) is 5.91 Å². The summed E-state index contributed by atoms with van der Waals surface area (Å²) in [4.78, 5) is 12.4. The van der Waals surface area contributed by atoms with E-state index in [1.165, 1.54) is 17.4 Å². The largest absolute Gasteiger partial charge is 0.347 e. The Hall–Kier alpha value is -1.20. The molecule has 0 atom stereocenters. The van der Waals surface area contributed by atoms with Crippen LogP contribution >= 0.6 is 27.3 Å². The van der Waals surface area contributed by atoms with E-state index in [4.69, 9.17) is 0 Å². The van der Waals surface area contributed by atoms with Crippen molar-refractivity contribution >= 4 is 33.2 Å². The standard InChI is InChI=1S/C13H11BrFNOS/c1-8-2-3-9(6-10(8)15)7-16-13(17)11-4-5-12(14)18-11/h2-6H,7H2,1H3,(H,16,17). The summed E-state index contributed by atoms with van der Waals surface area (Å²) < 4.78 is 14.2. The first-order chi connectivity index (χ1) is 8.56. The molecule has 0 bridgehead atoms. The summed E-state index contributed by atoms with van der Waals surface area (Å²) in [5, 5.41) is 2.76. The van der Waals surface area contributed by atoms with Gasteiger partial charge in [-0.25, -0.2) is 4.39 Å². The average molecular weight is 328 g/mol. The van der Waals surface area contributed by atoms with Gasteiger partial charge in [-0.05, 0) is 52.2 Å². The third kappa shape index (κ3) is 3.17. The smallest absolute Gasteiger partial charge is 0.261 e. The molecule has 5 heteroatoms. The summed E-state index contributed by atoms with van der Waals surface area (Å²) in [6, 6.07) is 8.53. The Labute approximate surface area is 117 Å². The molecule has 0 radical (unpaired) electrons. The van der Waals surface area contributed by atoms with Gasteiger partial charge in [-0.2, -0.15) is 0 Å². The summed E-state index contributed by atoms with van der Waals surface area (Å²) in [7, 11) is 0. The zero-order valence-electron chi connectivity index (χ0n) is 9.67. The first-order valence-electron chi connectivity index (χ1n) is 5.35. The Balaban J connectivity index is 1.99. The molecule has 1 N–H and O–H groups in total. The fourth-order valence-corrected chi connectivity index (χ4v) is 2.75. The van der Waals surface area contributed by atoms with Crippen LogP contribution in [0.1, 0.15) is 20.8 Å². The van der Waals surface area contributed by atoms with Crippen LogP contribution in [0.15, 0.2) is 34.1 Å². The van der Waals surface area contributed by atoms with E-state index in [-0.39, 0.29) is 11.7 Å². The Morgan fingerprint density at radius 3 is 2.78 bits per heavy atom. The molecule has 0 saturated carbocycles. The van der Waals surface area contributed by atoms with Gasteiger partial charge in [0.05, 0.1) is 8.66 Å². The summed E-state index contributed by atoms with van der Waals surface area (Å²) in [5.41, 5.74) is 1.36. The number of halogens is 2. The van der Waals surface area contributed by atoms with Crippen LogP contribution in [0.5, 0.6) is 0 Å². The lowest BCUT2D eigenvalue weighted by Crippen LogP contribution is -2.21. The highest BCUT2D eigenvalue weighted by Crippen LogP contribution is 2.21. The number of rotatable bonds is 3. The van der Waals surface area contributed by atoms with E-state index in [1.807, 2.05) is 12.1 Å². The number of nitrogens with one attached hydrogen (secondary N) is 1. The Morgan fingerprint density at radius 2 is 2.17 bits per heavy atom. The van der Waals surface area contributed by atoms with Gasteiger partial charge in [-0.3, -0.25) is 4.79 Å². The lowest BCUT2D eigenvalue weighted by atomic mass is 10.1. The molecule has 2 rings (SSSR count). The molecular formula is C13H11BrFNOS. The third-order valence-electron chi connectivity index (χ3n) is 2.49. The van der Waals surface area contributed by atoms with Crippen LogP contribution in [0.4, 0.5) is 4.39 Å². The Kier molecular flexibility index (Phi) is 4.14. The van der Waals surface area contributed by atoms with Gasteiger partial charge in [0.15, 0.2) is 0 Å². The predicted octanol–water partition coefficient (Wildman–Crippen LogP) is 3.89. The first kappa shape index (κ1) is 13.2. The van der Waals surface area contributed by atoms with Gasteiger partial charge in [-0.1, -0.05) is 12.1 Å². The van der Waals surface area contributed by atoms with E-state index in [2.05, 4.69) is 21.2 Å². The second-order valence-electron chi connectivity index (χ2n) is 3.87. The molecule has 1 aromatic heterocycles. The molecule has 0 fully saturated rings. The Morgan fingerprint density at radius 1 is 1.39 bits per heavy atom. The molecule has 0 aliphatic heterocycles. The second kappa shape index (κ2) is 5.63. The van der Waals surface area contributed by atoms with E-state index in [1.54, 1.807) is 19.1 Å². The van der Waals surface area contributed by atoms with Crippen molar-refractivity contribution < 1.29 is 9.18 Å². The van der Waals surface area contributed by atoms with Gasteiger partial charge in [0.2, 0.25) is 0 Å². The van der Waals surface area contributed by atoms with Gasteiger partial charge in [-0.15, -0.1) is 11.3 Å².